The fourth-order valence-corrected chi connectivity index (χ4v) is 1.85. The lowest BCUT2D eigenvalue weighted by molar-refractivity contribution is -0.133. The van der Waals surface area contributed by atoms with E-state index in [9.17, 15) is 9.59 Å². The van der Waals surface area contributed by atoms with Gasteiger partial charge in [0.05, 0.1) is 22.2 Å². The number of aliphatic carboxylic acids is 1. The van der Waals surface area contributed by atoms with Crippen molar-refractivity contribution >= 4 is 40.9 Å². The summed E-state index contributed by atoms with van der Waals surface area (Å²) in [6.45, 7) is 1.89. The van der Waals surface area contributed by atoms with Crippen LogP contribution in [0.15, 0.2) is 18.2 Å². The monoisotopic (exact) mass is 273 g/mol. The molecule has 1 rings (SSSR count). The molecule has 0 bridgehead atoms. The van der Waals surface area contributed by atoms with Gasteiger partial charge in [-0.3, -0.25) is 9.59 Å². The quantitative estimate of drug-likeness (QED) is 0.865. The minimum absolute atomic E-state index is 0.0883. The number of carbonyl (C=O) groups excluding carboxylic acids is 1. The summed E-state index contributed by atoms with van der Waals surface area (Å²) in [6.07, 6.45) is 0. The van der Waals surface area contributed by atoms with Crippen LogP contribution in [0.3, 0.4) is 0 Å². The Kier molecular flexibility index (Phi) is 5.31. The van der Waals surface area contributed by atoms with Gasteiger partial charge in [0.25, 0.3) is 0 Å². The Labute approximate surface area is 108 Å². The number of amides is 1. The number of rotatable bonds is 5. The summed E-state index contributed by atoms with van der Waals surface area (Å²) in [5.74, 6) is -1.19. The second-order valence-corrected chi connectivity index (χ2v) is 4.81. The molecule has 0 radical (unpaired) electrons. The molecule has 0 saturated heterocycles. The van der Waals surface area contributed by atoms with Crippen molar-refractivity contribution in [3.05, 3.63) is 28.8 Å². The lowest BCUT2D eigenvalue weighted by atomic mass is 10.2. The summed E-state index contributed by atoms with van der Waals surface area (Å²) in [7, 11) is 0. The van der Waals surface area contributed by atoms with Crippen molar-refractivity contribution in [2.45, 2.75) is 6.92 Å². The van der Waals surface area contributed by atoms with Gasteiger partial charge in [-0.1, -0.05) is 17.7 Å². The van der Waals surface area contributed by atoms with Crippen molar-refractivity contribution < 1.29 is 14.7 Å². The molecule has 2 N–H and O–H groups in total. The van der Waals surface area contributed by atoms with E-state index in [2.05, 4.69) is 5.32 Å². The molecular formula is C11H12ClNO3S. The van der Waals surface area contributed by atoms with Crippen LogP contribution in [0, 0.1) is 6.92 Å². The normalized spacial score (nSPS) is 10.0. The highest BCUT2D eigenvalue weighted by atomic mass is 35.5. The number of anilines is 1. The molecule has 0 atom stereocenters. The Bertz CT molecular complexity index is 437. The highest BCUT2D eigenvalue weighted by Crippen LogP contribution is 2.22. The number of aryl methyl sites for hydroxylation is 1. The largest absolute Gasteiger partial charge is 0.481 e. The summed E-state index contributed by atoms with van der Waals surface area (Å²) in [5, 5.41) is 11.5. The minimum Gasteiger partial charge on any atom is -0.481 e. The van der Waals surface area contributed by atoms with Crippen LogP contribution in [0.4, 0.5) is 5.69 Å². The summed E-state index contributed by atoms with van der Waals surface area (Å²) in [4.78, 5) is 21.7. The number of carboxylic acid groups (broad SMARTS) is 1. The Morgan fingerprint density at radius 1 is 1.41 bits per heavy atom. The SMILES string of the molecule is Cc1ccc(Cl)c(NC(=O)CSCC(=O)O)c1. The van der Waals surface area contributed by atoms with Crippen LogP contribution in [0.25, 0.3) is 0 Å². The van der Waals surface area contributed by atoms with Crippen LogP contribution < -0.4 is 5.32 Å². The minimum atomic E-state index is -0.934. The summed E-state index contributed by atoms with van der Waals surface area (Å²) in [5.41, 5.74) is 1.54. The van der Waals surface area contributed by atoms with E-state index >= 15 is 0 Å². The number of hydrogen-bond donors (Lipinski definition) is 2. The van der Waals surface area contributed by atoms with Crippen LogP contribution in [0.5, 0.6) is 0 Å². The molecule has 6 heteroatoms. The van der Waals surface area contributed by atoms with E-state index in [1.807, 2.05) is 13.0 Å². The number of benzene rings is 1. The van der Waals surface area contributed by atoms with E-state index in [0.29, 0.717) is 10.7 Å². The van der Waals surface area contributed by atoms with Gasteiger partial charge < -0.3 is 10.4 Å². The van der Waals surface area contributed by atoms with E-state index < -0.39 is 5.97 Å². The van der Waals surface area contributed by atoms with Crippen LogP contribution in [0.2, 0.25) is 5.02 Å². The molecule has 0 spiro atoms. The molecule has 0 aromatic heterocycles. The fraction of sp³-hybridized carbons (Fsp3) is 0.273. The van der Waals surface area contributed by atoms with Crippen LogP contribution in [-0.2, 0) is 9.59 Å². The third-order valence-corrected chi connectivity index (χ3v) is 3.10. The smallest absolute Gasteiger partial charge is 0.313 e. The maximum absolute atomic E-state index is 11.5. The molecule has 0 unspecified atom stereocenters. The van der Waals surface area contributed by atoms with E-state index in [4.69, 9.17) is 16.7 Å². The standard InChI is InChI=1S/C11H12ClNO3S/c1-7-2-3-8(12)9(4-7)13-10(14)5-17-6-11(15)16/h2-4H,5-6H2,1H3,(H,13,14)(H,15,16). The second kappa shape index (κ2) is 6.51. The number of nitrogens with one attached hydrogen (secondary N) is 1. The lowest BCUT2D eigenvalue weighted by Crippen LogP contribution is -2.15. The first-order chi connectivity index (χ1) is 7.99. The van der Waals surface area contributed by atoms with Gasteiger partial charge in [-0.05, 0) is 24.6 Å². The predicted octanol–water partition coefficient (Wildman–Crippen LogP) is 2.40. The molecule has 0 aliphatic carbocycles. The molecule has 0 aliphatic heterocycles. The van der Waals surface area contributed by atoms with Gasteiger partial charge in [0.1, 0.15) is 0 Å². The third kappa shape index (κ3) is 5.10. The van der Waals surface area contributed by atoms with Crippen molar-refractivity contribution in [1.82, 2.24) is 0 Å². The molecule has 4 nitrogen and oxygen atoms in total. The number of halogens is 1. The molecule has 1 aromatic carbocycles. The topological polar surface area (TPSA) is 66.4 Å². The molecule has 0 saturated carbocycles. The van der Waals surface area contributed by atoms with E-state index in [-0.39, 0.29) is 17.4 Å². The number of carboxylic acids is 1. The molecule has 92 valence electrons. The molecule has 1 aromatic rings. The van der Waals surface area contributed by atoms with Gasteiger partial charge in [-0.2, -0.15) is 0 Å². The zero-order chi connectivity index (χ0) is 12.8. The first-order valence-corrected chi connectivity index (χ1v) is 6.38. The number of carbonyl (C=O) groups is 2. The van der Waals surface area contributed by atoms with Crippen molar-refractivity contribution in [3.8, 4) is 0 Å². The average Bonchev–Trinajstić information content (AvgIpc) is 2.23. The van der Waals surface area contributed by atoms with Crippen molar-refractivity contribution in [1.29, 1.82) is 0 Å². The van der Waals surface area contributed by atoms with E-state index in [0.717, 1.165) is 17.3 Å². The maximum Gasteiger partial charge on any atom is 0.313 e. The van der Waals surface area contributed by atoms with Gasteiger partial charge in [-0.25, -0.2) is 0 Å². The van der Waals surface area contributed by atoms with E-state index in [1.54, 1.807) is 12.1 Å². The van der Waals surface area contributed by atoms with Crippen LogP contribution >= 0.6 is 23.4 Å². The fourth-order valence-electron chi connectivity index (χ4n) is 1.15. The summed E-state index contributed by atoms with van der Waals surface area (Å²) >= 11 is 6.95. The predicted molar refractivity (Wildman–Crippen MR) is 69.8 cm³/mol. The third-order valence-electron chi connectivity index (χ3n) is 1.85. The Morgan fingerprint density at radius 3 is 2.76 bits per heavy atom. The van der Waals surface area contributed by atoms with Crippen LogP contribution in [0.1, 0.15) is 5.56 Å². The van der Waals surface area contributed by atoms with Gasteiger partial charge >= 0.3 is 5.97 Å². The average molecular weight is 274 g/mol. The van der Waals surface area contributed by atoms with Gasteiger partial charge in [0.2, 0.25) is 5.91 Å². The van der Waals surface area contributed by atoms with Gasteiger partial charge in [0.15, 0.2) is 0 Å². The lowest BCUT2D eigenvalue weighted by Gasteiger charge is -2.07. The van der Waals surface area contributed by atoms with Gasteiger partial charge in [0, 0.05) is 0 Å². The first kappa shape index (κ1) is 13.9. The molecule has 0 aliphatic rings. The van der Waals surface area contributed by atoms with Crippen molar-refractivity contribution in [3.63, 3.8) is 0 Å². The Morgan fingerprint density at radius 2 is 2.12 bits per heavy atom. The molecule has 0 fully saturated rings. The summed E-state index contributed by atoms with van der Waals surface area (Å²) < 4.78 is 0. The Balaban J connectivity index is 2.50. The van der Waals surface area contributed by atoms with Crippen molar-refractivity contribution in [2.75, 3.05) is 16.8 Å². The number of hydrogen-bond acceptors (Lipinski definition) is 3. The van der Waals surface area contributed by atoms with E-state index in [1.165, 1.54) is 0 Å². The zero-order valence-electron chi connectivity index (χ0n) is 9.20. The van der Waals surface area contributed by atoms with Gasteiger partial charge in [-0.15, -0.1) is 11.8 Å². The highest BCUT2D eigenvalue weighted by Gasteiger charge is 2.07. The maximum atomic E-state index is 11.5. The molecular weight excluding hydrogens is 262 g/mol. The zero-order valence-corrected chi connectivity index (χ0v) is 10.8. The number of thioether (sulfide) groups is 1. The van der Waals surface area contributed by atoms with Crippen molar-refractivity contribution in [2.24, 2.45) is 0 Å². The molecule has 1 amide bonds. The highest BCUT2D eigenvalue weighted by molar-refractivity contribution is 8.00. The molecule has 0 heterocycles. The summed E-state index contributed by atoms with van der Waals surface area (Å²) in [6, 6.07) is 5.32. The molecule has 17 heavy (non-hydrogen) atoms. The Hall–Kier alpha value is -1.20. The second-order valence-electron chi connectivity index (χ2n) is 3.42. The van der Waals surface area contributed by atoms with Crippen LogP contribution in [-0.4, -0.2) is 28.5 Å². The first-order valence-electron chi connectivity index (χ1n) is 4.84.